The van der Waals surface area contributed by atoms with Crippen molar-refractivity contribution < 1.29 is 18.9 Å². The van der Waals surface area contributed by atoms with Crippen LogP contribution in [0.1, 0.15) is 11.1 Å². The molecule has 0 amide bonds. The zero-order valence-corrected chi connectivity index (χ0v) is 13.5. The fourth-order valence-electron chi connectivity index (χ4n) is 2.27. The Bertz CT molecular complexity index is 580. The lowest BCUT2D eigenvalue weighted by molar-refractivity contribution is 0.203. The number of aryl methyl sites for hydroxylation is 2. The molecule has 0 saturated heterocycles. The van der Waals surface area contributed by atoms with Crippen molar-refractivity contribution in [2.45, 2.75) is 13.8 Å². The summed E-state index contributed by atoms with van der Waals surface area (Å²) >= 11 is 0. The fraction of sp³-hybridized carbons (Fsp3) is 0.333. The first-order valence-corrected chi connectivity index (χ1v) is 7.20. The molecule has 0 unspecified atom stereocenters. The zero-order chi connectivity index (χ0) is 15.9. The van der Waals surface area contributed by atoms with E-state index in [4.69, 9.17) is 18.9 Å². The van der Waals surface area contributed by atoms with Gasteiger partial charge in [0.25, 0.3) is 0 Å². The number of benzene rings is 2. The number of methoxy groups -OCH3 is 2. The topological polar surface area (TPSA) is 36.9 Å². The van der Waals surface area contributed by atoms with Gasteiger partial charge in [0.05, 0.1) is 14.2 Å². The van der Waals surface area contributed by atoms with Crippen LogP contribution in [-0.2, 0) is 0 Å². The first-order chi connectivity index (χ1) is 10.7. The quantitative estimate of drug-likeness (QED) is 0.729. The maximum atomic E-state index is 5.83. The van der Waals surface area contributed by atoms with Crippen LogP contribution in [0.3, 0.4) is 0 Å². The summed E-state index contributed by atoms with van der Waals surface area (Å²) in [6.07, 6.45) is 0. The fourth-order valence-corrected chi connectivity index (χ4v) is 2.27. The lowest BCUT2D eigenvalue weighted by atomic mass is 10.1. The van der Waals surface area contributed by atoms with Crippen LogP contribution in [0.2, 0.25) is 0 Å². The Balaban J connectivity index is 1.97. The molecule has 0 heterocycles. The average Bonchev–Trinajstić information content (AvgIpc) is 2.53. The highest BCUT2D eigenvalue weighted by atomic mass is 16.6. The third kappa shape index (κ3) is 3.64. The predicted molar refractivity (Wildman–Crippen MR) is 86.5 cm³/mol. The van der Waals surface area contributed by atoms with E-state index in [1.54, 1.807) is 14.2 Å². The second-order valence-electron chi connectivity index (χ2n) is 4.91. The van der Waals surface area contributed by atoms with Crippen LogP contribution in [0, 0.1) is 13.8 Å². The molecule has 4 heteroatoms. The van der Waals surface area contributed by atoms with Crippen LogP contribution in [0.15, 0.2) is 36.4 Å². The first-order valence-electron chi connectivity index (χ1n) is 7.20. The van der Waals surface area contributed by atoms with E-state index < -0.39 is 0 Å². The second-order valence-corrected chi connectivity index (χ2v) is 4.91. The SMILES string of the molecule is COc1cccc(OC)c1OCCOc1c(C)cccc1C. The smallest absolute Gasteiger partial charge is 0.203 e. The van der Waals surface area contributed by atoms with E-state index in [9.17, 15) is 0 Å². The summed E-state index contributed by atoms with van der Waals surface area (Å²) in [5, 5.41) is 0. The van der Waals surface area contributed by atoms with Gasteiger partial charge in [0.2, 0.25) is 5.75 Å². The van der Waals surface area contributed by atoms with E-state index in [1.807, 2.05) is 50.2 Å². The van der Waals surface area contributed by atoms with Gasteiger partial charge in [-0.1, -0.05) is 24.3 Å². The van der Waals surface area contributed by atoms with Crippen molar-refractivity contribution in [2.75, 3.05) is 27.4 Å². The monoisotopic (exact) mass is 302 g/mol. The van der Waals surface area contributed by atoms with Crippen molar-refractivity contribution in [2.24, 2.45) is 0 Å². The molecule has 22 heavy (non-hydrogen) atoms. The highest BCUT2D eigenvalue weighted by Gasteiger charge is 2.11. The lowest BCUT2D eigenvalue weighted by Crippen LogP contribution is -2.11. The summed E-state index contributed by atoms with van der Waals surface area (Å²) in [4.78, 5) is 0. The minimum Gasteiger partial charge on any atom is -0.493 e. The van der Waals surface area contributed by atoms with E-state index in [0.717, 1.165) is 16.9 Å². The van der Waals surface area contributed by atoms with Gasteiger partial charge < -0.3 is 18.9 Å². The van der Waals surface area contributed by atoms with E-state index in [1.165, 1.54) is 0 Å². The molecular weight excluding hydrogens is 280 g/mol. The van der Waals surface area contributed by atoms with Crippen LogP contribution in [0.5, 0.6) is 23.0 Å². The van der Waals surface area contributed by atoms with E-state index in [-0.39, 0.29) is 0 Å². The molecule has 2 aromatic carbocycles. The van der Waals surface area contributed by atoms with Crippen LogP contribution >= 0.6 is 0 Å². The average molecular weight is 302 g/mol. The van der Waals surface area contributed by atoms with Gasteiger partial charge in [-0.15, -0.1) is 0 Å². The standard InChI is InChI=1S/C18H22O4/c1-13-7-5-8-14(2)17(13)21-11-12-22-18-15(19-3)9-6-10-16(18)20-4/h5-10H,11-12H2,1-4H3. The number of rotatable bonds is 7. The zero-order valence-electron chi connectivity index (χ0n) is 13.5. The summed E-state index contributed by atoms with van der Waals surface area (Å²) in [6, 6.07) is 11.6. The number of hydrogen-bond acceptors (Lipinski definition) is 4. The number of para-hydroxylation sites is 2. The Kier molecular flexibility index (Phi) is 5.53. The van der Waals surface area contributed by atoms with Crippen molar-refractivity contribution in [1.82, 2.24) is 0 Å². The highest BCUT2D eigenvalue weighted by Crippen LogP contribution is 2.36. The summed E-state index contributed by atoms with van der Waals surface area (Å²) in [5.74, 6) is 2.80. The summed E-state index contributed by atoms with van der Waals surface area (Å²) in [6.45, 7) is 4.93. The van der Waals surface area contributed by atoms with Gasteiger partial charge in [0.15, 0.2) is 11.5 Å². The van der Waals surface area contributed by atoms with Gasteiger partial charge in [-0.05, 0) is 37.1 Å². The maximum absolute atomic E-state index is 5.83. The minimum atomic E-state index is 0.407. The molecular formula is C18H22O4. The molecule has 0 fully saturated rings. The minimum absolute atomic E-state index is 0.407. The Morgan fingerprint density at radius 1 is 0.682 bits per heavy atom. The van der Waals surface area contributed by atoms with Crippen LogP contribution in [-0.4, -0.2) is 27.4 Å². The predicted octanol–water partition coefficient (Wildman–Crippen LogP) is 3.78. The van der Waals surface area contributed by atoms with Gasteiger partial charge in [0.1, 0.15) is 19.0 Å². The molecule has 0 saturated carbocycles. The normalized spacial score (nSPS) is 10.2. The maximum Gasteiger partial charge on any atom is 0.203 e. The molecule has 0 aromatic heterocycles. The molecule has 2 aromatic rings. The molecule has 0 N–H and O–H groups in total. The van der Waals surface area contributed by atoms with Crippen molar-refractivity contribution in [3.8, 4) is 23.0 Å². The highest BCUT2D eigenvalue weighted by molar-refractivity contribution is 5.51. The number of ether oxygens (including phenoxy) is 4. The van der Waals surface area contributed by atoms with Gasteiger partial charge >= 0.3 is 0 Å². The van der Waals surface area contributed by atoms with Crippen molar-refractivity contribution in [3.05, 3.63) is 47.5 Å². The number of hydrogen-bond donors (Lipinski definition) is 0. The molecule has 0 aliphatic carbocycles. The lowest BCUT2D eigenvalue weighted by Gasteiger charge is -2.15. The molecule has 2 rings (SSSR count). The van der Waals surface area contributed by atoms with E-state index >= 15 is 0 Å². The Labute approximate surface area is 131 Å². The molecule has 0 aliphatic heterocycles. The third-order valence-corrected chi connectivity index (χ3v) is 3.37. The Morgan fingerprint density at radius 2 is 1.14 bits per heavy atom. The third-order valence-electron chi connectivity index (χ3n) is 3.37. The summed E-state index contributed by atoms with van der Waals surface area (Å²) in [5.41, 5.74) is 2.24. The first kappa shape index (κ1) is 16.0. The molecule has 0 atom stereocenters. The summed E-state index contributed by atoms with van der Waals surface area (Å²) in [7, 11) is 3.21. The largest absolute Gasteiger partial charge is 0.493 e. The van der Waals surface area contributed by atoms with Crippen LogP contribution < -0.4 is 18.9 Å². The molecule has 0 radical (unpaired) electrons. The van der Waals surface area contributed by atoms with Gasteiger partial charge in [-0.25, -0.2) is 0 Å². The van der Waals surface area contributed by atoms with E-state index in [0.29, 0.717) is 30.5 Å². The molecule has 4 nitrogen and oxygen atoms in total. The van der Waals surface area contributed by atoms with Crippen molar-refractivity contribution in [1.29, 1.82) is 0 Å². The van der Waals surface area contributed by atoms with Gasteiger partial charge in [-0.3, -0.25) is 0 Å². The second kappa shape index (κ2) is 7.59. The van der Waals surface area contributed by atoms with Gasteiger partial charge in [-0.2, -0.15) is 0 Å². The van der Waals surface area contributed by atoms with Crippen molar-refractivity contribution >= 4 is 0 Å². The van der Waals surface area contributed by atoms with Gasteiger partial charge in [0, 0.05) is 0 Å². The Morgan fingerprint density at radius 3 is 1.64 bits per heavy atom. The molecule has 0 aliphatic rings. The Hall–Kier alpha value is -2.36. The molecule has 0 bridgehead atoms. The molecule has 0 spiro atoms. The molecule has 118 valence electrons. The summed E-state index contributed by atoms with van der Waals surface area (Å²) < 4.78 is 22.2. The van der Waals surface area contributed by atoms with Crippen LogP contribution in [0.25, 0.3) is 0 Å². The van der Waals surface area contributed by atoms with E-state index in [2.05, 4.69) is 0 Å². The van der Waals surface area contributed by atoms with Crippen molar-refractivity contribution in [3.63, 3.8) is 0 Å². The van der Waals surface area contributed by atoms with Crippen LogP contribution in [0.4, 0.5) is 0 Å².